The Morgan fingerprint density at radius 3 is 2.26 bits per heavy atom. The van der Waals surface area contributed by atoms with Gasteiger partial charge < -0.3 is 24.1 Å². The zero-order valence-corrected chi connectivity index (χ0v) is 15.7. The Hall–Kier alpha value is -2.89. The van der Waals surface area contributed by atoms with E-state index < -0.39 is 0 Å². The van der Waals surface area contributed by atoms with Gasteiger partial charge in [0.2, 0.25) is 0 Å². The summed E-state index contributed by atoms with van der Waals surface area (Å²) >= 11 is 0. The van der Waals surface area contributed by atoms with Crippen LogP contribution in [0, 0.1) is 11.8 Å². The molecule has 1 N–H and O–H groups in total. The lowest BCUT2D eigenvalue weighted by Crippen LogP contribution is -2.20. The second-order valence-corrected chi connectivity index (χ2v) is 6.60. The Kier molecular flexibility index (Phi) is 5.74. The van der Waals surface area contributed by atoms with Gasteiger partial charge in [-0.3, -0.25) is 4.79 Å². The molecule has 1 aliphatic rings. The molecule has 0 aromatic heterocycles. The van der Waals surface area contributed by atoms with Crippen LogP contribution in [0.4, 0.5) is 0 Å². The van der Waals surface area contributed by atoms with Crippen molar-refractivity contribution in [3.05, 3.63) is 47.5 Å². The first-order valence-corrected chi connectivity index (χ1v) is 8.79. The SMILES string of the molecule is COc1cc(C[C@H]2COC(=O)[C@@H]2Cc2ccc(OC)c(OC)c2)ccc1O. The first kappa shape index (κ1) is 18.9. The summed E-state index contributed by atoms with van der Waals surface area (Å²) in [5.74, 6) is 1.46. The van der Waals surface area contributed by atoms with Crippen molar-refractivity contribution in [3.8, 4) is 23.0 Å². The fourth-order valence-corrected chi connectivity index (χ4v) is 3.47. The van der Waals surface area contributed by atoms with Crippen LogP contribution >= 0.6 is 0 Å². The highest BCUT2D eigenvalue weighted by atomic mass is 16.5. The van der Waals surface area contributed by atoms with Crippen molar-refractivity contribution in [1.29, 1.82) is 0 Å². The Morgan fingerprint density at radius 2 is 1.56 bits per heavy atom. The number of phenols is 1. The Balaban J connectivity index is 1.77. The Labute approximate surface area is 158 Å². The van der Waals surface area contributed by atoms with Gasteiger partial charge >= 0.3 is 5.97 Å². The normalized spacial score (nSPS) is 18.9. The van der Waals surface area contributed by atoms with Crippen molar-refractivity contribution in [2.75, 3.05) is 27.9 Å². The molecule has 0 radical (unpaired) electrons. The third-order valence-corrected chi connectivity index (χ3v) is 4.96. The van der Waals surface area contributed by atoms with Gasteiger partial charge in [0.05, 0.1) is 33.9 Å². The molecule has 0 unspecified atom stereocenters. The lowest BCUT2D eigenvalue weighted by molar-refractivity contribution is -0.141. The van der Waals surface area contributed by atoms with Crippen LogP contribution in [-0.4, -0.2) is 39.0 Å². The Morgan fingerprint density at radius 1 is 0.926 bits per heavy atom. The topological polar surface area (TPSA) is 74.2 Å². The summed E-state index contributed by atoms with van der Waals surface area (Å²) in [6.45, 7) is 0.389. The maximum Gasteiger partial charge on any atom is 0.309 e. The van der Waals surface area contributed by atoms with Crippen LogP contribution in [0.5, 0.6) is 23.0 Å². The smallest absolute Gasteiger partial charge is 0.309 e. The Bertz CT molecular complexity index is 816. The molecule has 3 rings (SSSR count). The number of phenolic OH excluding ortho intramolecular Hbond substituents is 1. The summed E-state index contributed by atoms with van der Waals surface area (Å²) < 4.78 is 21.1. The molecule has 2 aromatic carbocycles. The molecule has 0 amide bonds. The second kappa shape index (κ2) is 8.20. The largest absolute Gasteiger partial charge is 0.504 e. The maximum absolute atomic E-state index is 12.3. The number of esters is 1. The van der Waals surface area contributed by atoms with E-state index >= 15 is 0 Å². The minimum Gasteiger partial charge on any atom is -0.504 e. The maximum atomic E-state index is 12.3. The highest BCUT2D eigenvalue weighted by molar-refractivity contribution is 5.75. The fourth-order valence-electron chi connectivity index (χ4n) is 3.47. The third kappa shape index (κ3) is 4.10. The molecule has 144 valence electrons. The van der Waals surface area contributed by atoms with Crippen LogP contribution in [-0.2, 0) is 22.4 Å². The molecular weight excluding hydrogens is 348 g/mol. The number of carbonyl (C=O) groups is 1. The zero-order chi connectivity index (χ0) is 19.4. The summed E-state index contributed by atoms with van der Waals surface area (Å²) in [6, 6.07) is 10.9. The van der Waals surface area contributed by atoms with Crippen LogP contribution in [0.2, 0.25) is 0 Å². The van der Waals surface area contributed by atoms with Crippen LogP contribution in [0.15, 0.2) is 36.4 Å². The van der Waals surface area contributed by atoms with Crippen molar-refractivity contribution >= 4 is 5.97 Å². The van der Waals surface area contributed by atoms with Crippen molar-refractivity contribution < 1.29 is 28.8 Å². The van der Waals surface area contributed by atoms with Crippen molar-refractivity contribution in [2.24, 2.45) is 11.8 Å². The van der Waals surface area contributed by atoms with Gasteiger partial charge in [-0.1, -0.05) is 12.1 Å². The third-order valence-electron chi connectivity index (χ3n) is 4.96. The van der Waals surface area contributed by atoms with Gasteiger partial charge in [-0.15, -0.1) is 0 Å². The number of hydrogen-bond acceptors (Lipinski definition) is 6. The van der Waals surface area contributed by atoms with E-state index in [1.54, 1.807) is 26.4 Å². The van der Waals surface area contributed by atoms with Crippen LogP contribution in [0.1, 0.15) is 11.1 Å². The van der Waals surface area contributed by atoms with Gasteiger partial charge in [-0.2, -0.15) is 0 Å². The minimum absolute atomic E-state index is 0.0554. The number of hydrogen-bond donors (Lipinski definition) is 1. The number of benzene rings is 2. The van der Waals surface area contributed by atoms with E-state index in [2.05, 4.69) is 0 Å². The number of cyclic esters (lactones) is 1. The molecule has 2 aromatic rings. The van der Waals surface area contributed by atoms with Crippen molar-refractivity contribution in [3.63, 3.8) is 0 Å². The number of carbonyl (C=O) groups excluding carboxylic acids is 1. The van der Waals surface area contributed by atoms with Gasteiger partial charge in [0.1, 0.15) is 0 Å². The predicted molar refractivity (Wildman–Crippen MR) is 99.6 cm³/mol. The number of aromatic hydroxyl groups is 1. The van der Waals surface area contributed by atoms with Gasteiger partial charge in [0.15, 0.2) is 23.0 Å². The molecule has 0 aliphatic carbocycles. The van der Waals surface area contributed by atoms with E-state index in [0.29, 0.717) is 36.7 Å². The predicted octanol–water partition coefficient (Wildman–Crippen LogP) is 2.99. The lowest BCUT2D eigenvalue weighted by Gasteiger charge is -2.17. The van der Waals surface area contributed by atoms with E-state index in [9.17, 15) is 9.90 Å². The van der Waals surface area contributed by atoms with Gasteiger partial charge in [0, 0.05) is 5.92 Å². The summed E-state index contributed by atoms with van der Waals surface area (Å²) in [5, 5.41) is 9.75. The molecule has 0 spiro atoms. The van der Waals surface area contributed by atoms with Gasteiger partial charge in [-0.05, 0) is 48.2 Å². The van der Waals surface area contributed by atoms with Crippen molar-refractivity contribution in [1.82, 2.24) is 0 Å². The van der Waals surface area contributed by atoms with Crippen LogP contribution in [0.25, 0.3) is 0 Å². The van der Waals surface area contributed by atoms with E-state index in [0.717, 1.165) is 11.1 Å². The molecule has 6 heteroatoms. The second-order valence-electron chi connectivity index (χ2n) is 6.60. The molecule has 27 heavy (non-hydrogen) atoms. The molecule has 0 saturated carbocycles. The number of methoxy groups -OCH3 is 3. The first-order chi connectivity index (χ1) is 13.0. The van der Waals surface area contributed by atoms with Crippen LogP contribution < -0.4 is 14.2 Å². The number of rotatable bonds is 7. The molecule has 1 heterocycles. The molecule has 1 aliphatic heterocycles. The standard InChI is InChI=1S/C21H24O6/c1-24-18-7-5-14(11-20(18)26-3)9-16-15(12-27-21(16)23)8-13-4-6-17(22)19(10-13)25-2/h4-7,10-11,15-16,22H,8-9,12H2,1-3H3/t15-,16+/m0/s1. The highest BCUT2D eigenvalue weighted by Crippen LogP contribution is 2.34. The number of ether oxygens (including phenoxy) is 4. The van der Waals surface area contributed by atoms with E-state index in [1.807, 2.05) is 24.3 Å². The average Bonchev–Trinajstić information content (AvgIpc) is 3.02. The monoisotopic (exact) mass is 372 g/mol. The summed E-state index contributed by atoms with van der Waals surface area (Å²) in [7, 11) is 4.70. The highest BCUT2D eigenvalue weighted by Gasteiger charge is 2.37. The quantitative estimate of drug-likeness (QED) is 0.753. The summed E-state index contributed by atoms with van der Waals surface area (Å²) in [6.07, 6.45) is 1.24. The molecule has 1 fully saturated rings. The summed E-state index contributed by atoms with van der Waals surface area (Å²) in [4.78, 5) is 12.3. The van der Waals surface area contributed by atoms with E-state index in [4.69, 9.17) is 18.9 Å². The van der Waals surface area contributed by atoms with E-state index in [1.165, 1.54) is 7.11 Å². The fraction of sp³-hybridized carbons (Fsp3) is 0.381. The van der Waals surface area contributed by atoms with E-state index in [-0.39, 0.29) is 23.6 Å². The molecule has 0 bridgehead atoms. The van der Waals surface area contributed by atoms with Gasteiger partial charge in [0.25, 0.3) is 0 Å². The van der Waals surface area contributed by atoms with Gasteiger partial charge in [-0.25, -0.2) is 0 Å². The van der Waals surface area contributed by atoms with Crippen molar-refractivity contribution in [2.45, 2.75) is 12.8 Å². The summed E-state index contributed by atoms with van der Waals surface area (Å²) in [5.41, 5.74) is 1.98. The molecule has 2 atom stereocenters. The lowest BCUT2D eigenvalue weighted by atomic mass is 9.85. The van der Waals surface area contributed by atoms with Crippen LogP contribution in [0.3, 0.4) is 0 Å². The minimum atomic E-state index is -0.233. The molecular formula is C21H24O6. The zero-order valence-electron chi connectivity index (χ0n) is 15.7. The first-order valence-electron chi connectivity index (χ1n) is 8.79. The molecule has 6 nitrogen and oxygen atoms in total. The average molecular weight is 372 g/mol. The molecule has 1 saturated heterocycles.